The maximum Gasteiger partial charge on any atom is 0.472 e. The van der Waals surface area contributed by atoms with Crippen molar-refractivity contribution in [2.45, 2.75) is 309 Å². The highest BCUT2D eigenvalue weighted by Gasteiger charge is 2.29. The Hall–Kier alpha value is -4.57. The van der Waals surface area contributed by atoms with Gasteiger partial charge < -0.3 is 34.2 Å². The molecule has 0 amide bonds. The van der Waals surface area contributed by atoms with Gasteiger partial charge >= 0.3 is 33.6 Å². The zero-order valence-electron chi connectivity index (χ0n) is 61.6. The van der Waals surface area contributed by atoms with E-state index < -0.39 is 91.5 Å². The Morgan fingerprint density at radius 1 is 0.293 bits per heavy atom. The van der Waals surface area contributed by atoms with Crippen LogP contribution in [0.25, 0.3) is 0 Å². The van der Waals surface area contributed by atoms with E-state index in [1.165, 1.54) is 77.0 Å². The van der Waals surface area contributed by atoms with Crippen molar-refractivity contribution in [2.24, 2.45) is 0 Å². The molecule has 0 saturated carbocycles. The minimum Gasteiger partial charge on any atom is -0.463 e. The number of carbonyl (C=O) groups excluding carboxylic acids is 3. The van der Waals surface area contributed by atoms with Gasteiger partial charge in [-0.25, -0.2) is 9.13 Å². The molecule has 0 aromatic rings. The summed E-state index contributed by atoms with van der Waals surface area (Å²) in [5.41, 5.74) is 0. The van der Waals surface area contributed by atoms with E-state index in [2.05, 4.69) is 167 Å². The molecule has 0 aromatic heterocycles. The van der Waals surface area contributed by atoms with Gasteiger partial charge in [-0.05, 0) is 148 Å². The van der Waals surface area contributed by atoms with E-state index in [9.17, 15) is 43.5 Å². The summed E-state index contributed by atoms with van der Waals surface area (Å²) < 4.78 is 61.1. The van der Waals surface area contributed by atoms with Gasteiger partial charge in [-0.3, -0.25) is 32.5 Å². The van der Waals surface area contributed by atoms with Crippen molar-refractivity contribution in [3.63, 3.8) is 0 Å². The van der Waals surface area contributed by atoms with Crippen LogP contribution in [0.5, 0.6) is 0 Å². The molecule has 0 bridgehead atoms. The average molecular weight is 1430 g/mol. The van der Waals surface area contributed by atoms with Crippen molar-refractivity contribution in [1.82, 2.24) is 0 Å². The van der Waals surface area contributed by atoms with Crippen molar-refractivity contribution in [3.8, 4) is 0 Å². The van der Waals surface area contributed by atoms with Crippen LogP contribution < -0.4 is 0 Å². The molecule has 0 heterocycles. The number of phosphoric acid groups is 2. The first-order valence-electron chi connectivity index (χ1n) is 38.1. The van der Waals surface area contributed by atoms with E-state index in [0.717, 1.165) is 154 Å². The number of rotatable bonds is 71. The van der Waals surface area contributed by atoms with Gasteiger partial charge in [0.1, 0.15) is 25.4 Å². The van der Waals surface area contributed by atoms with Gasteiger partial charge in [-0.15, -0.1) is 0 Å². The molecule has 18 heteroatoms. The number of allylic oxidation sites excluding steroid dienone is 24. The number of unbranched alkanes of at least 4 members (excludes halogenated alkanes) is 24. The summed E-state index contributed by atoms with van der Waals surface area (Å²) in [4.78, 5) is 58.6. The Kier molecular flexibility index (Phi) is 69.8. The topological polar surface area (TPSA) is 231 Å². The van der Waals surface area contributed by atoms with E-state index >= 15 is 0 Å². The fourth-order valence-electron chi connectivity index (χ4n) is 9.70. The molecule has 0 saturated heterocycles. The molecular weight excluding hydrogens is 1290 g/mol. The van der Waals surface area contributed by atoms with Crippen LogP contribution in [0.15, 0.2) is 146 Å². The number of hydrogen-bond acceptors (Lipinski definition) is 14. The second-order valence-corrected chi connectivity index (χ2v) is 28.0. The highest BCUT2D eigenvalue weighted by Crippen LogP contribution is 2.45. The lowest BCUT2D eigenvalue weighted by Crippen LogP contribution is -2.30. The third-order valence-corrected chi connectivity index (χ3v) is 17.4. The summed E-state index contributed by atoms with van der Waals surface area (Å²) in [6.45, 7) is 2.44. The number of esters is 3. The maximum absolute atomic E-state index is 13.0. The van der Waals surface area contributed by atoms with Gasteiger partial charge in [-0.1, -0.05) is 269 Å². The lowest BCUT2D eigenvalue weighted by molar-refractivity contribution is -0.161. The molecule has 16 nitrogen and oxygen atoms in total. The van der Waals surface area contributed by atoms with Crippen LogP contribution in [0.4, 0.5) is 0 Å². The fourth-order valence-corrected chi connectivity index (χ4v) is 11.3. The van der Waals surface area contributed by atoms with Gasteiger partial charge in [0.25, 0.3) is 0 Å². The highest BCUT2D eigenvalue weighted by molar-refractivity contribution is 7.47. The predicted molar refractivity (Wildman–Crippen MR) is 408 cm³/mol. The zero-order valence-corrected chi connectivity index (χ0v) is 63.4. The summed E-state index contributed by atoms with van der Waals surface area (Å²) >= 11 is 0. The quantitative estimate of drug-likeness (QED) is 0.0146. The summed E-state index contributed by atoms with van der Waals surface area (Å²) in [7, 11) is -9.81. The van der Waals surface area contributed by atoms with E-state index in [-0.39, 0.29) is 19.3 Å². The average Bonchev–Trinajstić information content (AvgIpc) is 2.04. The minimum atomic E-state index is -4.95. The lowest BCUT2D eigenvalue weighted by Gasteiger charge is -2.21. The number of aliphatic hydroxyl groups excluding tert-OH is 2. The molecule has 0 rings (SSSR count). The first-order chi connectivity index (χ1) is 48.2. The van der Waals surface area contributed by atoms with Crippen molar-refractivity contribution >= 4 is 33.6 Å². The number of phosphoric ester groups is 2. The van der Waals surface area contributed by atoms with Crippen molar-refractivity contribution in [2.75, 3.05) is 39.6 Å². The smallest absolute Gasteiger partial charge is 0.463 e. The molecule has 5 atom stereocenters. The number of ether oxygens (including phenoxy) is 3. The number of aliphatic hydroxyl groups is 2. The molecular formula is C81H136O16P2. The van der Waals surface area contributed by atoms with Crippen molar-refractivity contribution in [3.05, 3.63) is 146 Å². The van der Waals surface area contributed by atoms with Gasteiger partial charge in [0, 0.05) is 19.3 Å². The molecule has 5 unspecified atom stereocenters. The van der Waals surface area contributed by atoms with Crippen LogP contribution >= 0.6 is 15.6 Å². The molecule has 0 aliphatic heterocycles. The molecule has 0 aromatic carbocycles. The van der Waals surface area contributed by atoms with Gasteiger partial charge in [0.15, 0.2) is 6.10 Å². The minimum absolute atomic E-state index is 0.0672. The molecule has 0 fully saturated rings. The van der Waals surface area contributed by atoms with E-state index in [1.807, 2.05) is 0 Å². The number of hydrogen-bond donors (Lipinski definition) is 4. The first kappa shape index (κ1) is 94.4. The third kappa shape index (κ3) is 74.4. The maximum atomic E-state index is 13.0. The molecule has 0 radical (unpaired) electrons. The summed E-state index contributed by atoms with van der Waals surface area (Å²) in [6, 6.07) is 0. The largest absolute Gasteiger partial charge is 0.472 e. The molecule has 0 aliphatic rings. The monoisotopic (exact) mass is 1430 g/mol. The van der Waals surface area contributed by atoms with Crippen LogP contribution in [0, 0.1) is 0 Å². The molecule has 99 heavy (non-hydrogen) atoms. The Balaban J connectivity index is 4.68. The first-order valence-corrected chi connectivity index (χ1v) is 41.1. The predicted octanol–water partition coefficient (Wildman–Crippen LogP) is 22.1. The molecule has 0 spiro atoms. The van der Waals surface area contributed by atoms with Gasteiger partial charge in [-0.2, -0.15) is 0 Å². The molecule has 0 aliphatic carbocycles. The highest BCUT2D eigenvalue weighted by atomic mass is 31.2. The Morgan fingerprint density at radius 3 is 0.848 bits per heavy atom. The van der Waals surface area contributed by atoms with Crippen LogP contribution in [0.2, 0.25) is 0 Å². The van der Waals surface area contributed by atoms with E-state index in [0.29, 0.717) is 19.3 Å². The van der Waals surface area contributed by atoms with Crippen molar-refractivity contribution < 1.29 is 75.8 Å². The SMILES string of the molecule is CC/C=C\C/C=C\C/C=C\C/C=C\CCCCCCC(=O)OC(COC(=O)CCCCCCC/C=C\C/C=C\C/C=C\C/C=C\CCCCC)COP(=O)(O)OCC(O)COP(=O)(O)OCC(O)COC(=O)CCCCCCCCCCC/C=C\C/C=C\C/C=C\C/C=C\CCCCC. The van der Waals surface area contributed by atoms with Gasteiger partial charge in [0.05, 0.1) is 26.4 Å². The molecule has 4 N–H and O–H groups in total. The van der Waals surface area contributed by atoms with Crippen LogP contribution in [-0.4, -0.2) is 95.9 Å². The Bertz CT molecular complexity index is 2380. The zero-order chi connectivity index (χ0) is 72.3. The van der Waals surface area contributed by atoms with E-state index in [4.69, 9.17) is 32.3 Å². The third-order valence-electron chi connectivity index (χ3n) is 15.5. The molecule has 566 valence electrons. The summed E-state index contributed by atoms with van der Waals surface area (Å²) in [5.74, 6) is -1.63. The standard InChI is InChI=1S/C81H136O16P2/c1-4-7-10-13-16-19-22-25-28-31-33-35-36-37-38-40-42-44-46-49-52-55-58-61-64-67-79(84)91-70-76(82)71-93-98(87,88)94-72-77(83)73-95-99(89,90)96-75-78(97-81(86)69-66-63-60-57-54-51-48-43-30-27-24-21-18-15-12-9-6-3)74-92-80(85)68-65-62-59-56-53-50-47-45-41-39-34-32-29-26-23-20-17-14-11-8-5-2/h9,12,16-21,25-30,33-35,37-39,45,47-48,51,76-78,82-83H,4-8,10-11,13-15,22-24,31-32,36,40-44,46,49-50,52-75H2,1-3H3,(H,87,88)(H,89,90)/b12-9-,19-16-,20-17-,21-18-,28-25-,29-26-,30-27-,35-33-,38-37-,39-34-,47-45-,51-48-. The lowest BCUT2D eigenvalue weighted by atomic mass is 10.1. The van der Waals surface area contributed by atoms with E-state index in [1.54, 1.807) is 0 Å². The van der Waals surface area contributed by atoms with Crippen molar-refractivity contribution in [1.29, 1.82) is 0 Å². The van der Waals surface area contributed by atoms with Crippen LogP contribution in [-0.2, 0) is 55.8 Å². The summed E-state index contributed by atoms with van der Waals surface area (Å²) in [6.07, 6.45) is 88.8. The summed E-state index contributed by atoms with van der Waals surface area (Å²) in [5, 5.41) is 20.6. The second-order valence-electron chi connectivity index (χ2n) is 25.1. The Morgan fingerprint density at radius 2 is 0.535 bits per heavy atom. The van der Waals surface area contributed by atoms with Crippen LogP contribution in [0.3, 0.4) is 0 Å². The Labute approximate surface area is 600 Å². The normalized spacial score (nSPS) is 14.9. The van der Waals surface area contributed by atoms with Crippen LogP contribution in [0.1, 0.15) is 290 Å². The fraction of sp³-hybridized carbons (Fsp3) is 0.667. The second kappa shape index (κ2) is 73.2. The van der Waals surface area contributed by atoms with Gasteiger partial charge in [0.2, 0.25) is 0 Å². The number of carbonyl (C=O) groups is 3.